The number of nitrogens with one attached hydrogen (secondary N) is 3. The van der Waals surface area contributed by atoms with E-state index >= 15 is 0 Å². The first-order chi connectivity index (χ1) is 18.8. The summed E-state index contributed by atoms with van der Waals surface area (Å²) in [6.07, 6.45) is 10.6. The molecule has 0 aliphatic carbocycles. The van der Waals surface area contributed by atoms with Gasteiger partial charge in [0.25, 0.3) is 0 Å². The second kappa shape index (κ2) is 12.3. The first kappa shape index (κ1) is 27.5. The summed E-state index contributed by atoms with van der Waals surface area (Å²) in [5.41, 5.74) is 8.30. The Morgan fingerprint density at radius 2 is 2.00 bits per heavy atom. The molecule has 7 nitrogen and oxygen atoms in total. The number of aryl methyl sites for hydroxylation is 1. The van der Waals surface area contributed by atoms with Crippen molar-refractivity contribution in [1.29, 1.82) is 0 Å². The fourth-order valence-corrected chi connectivity index (χ4v) is 4.40. The van der Waals surface area contributed by atoms with Crippen molar-refractivity contribution < 1.29 is 4.39 Å². The Bertz CT molecular complexity index is 1580. The molecule has 39 heavy (non-hydrogen) atoms. The van der Waals surface area contributed by atoms with E-state index in [1.165, 1.54) is 12.3 Å². The summed E-state index contributed by atoms with van der Waals surface area (Å²) < 4.78 is 14.7. The Hall–Kier alpha value is -4.56. The van der Waals surface area contributed by atoms with Crippen LogP contribution in [0.25, 0.3) is 33.4 Å². The zero-order chi connectivity index (χ0) is 27.9. The first-order valence-corrected chi connectivity index (χ1v) is 12.7. The normalized spacial score (nSPS) is 12.6. The standard InChI is InChI=1S/C31H34FN7/c1-7-10-25(22-13-23(32)15-24(14-22)34-11-12-39(5)6)26-16-29(36-20(26)4)31-27-17-28(21(8-2)18-33-9-3)35-19-30(27)37-38-31/h7-10,13-19,34,36H,1,3,11-12H2,2,4-6H3,(H,37,38)/b21-8+,25-10-,33-18-. The highest BCUT2D eigenvalue weighted by Crippen LogP contribution is 2.34. The number of hydrogen-bond acceptors (Lipinski definition) is 5. The molecule has 8 heteroatoms. The van der Waals surface area contributed by atoms with Crippen molar-refractivity contribution in [1.82, 2.24) is 25.1 Å². The molecule has 0 saturated heterocycles. The third-order valence-corrected chi connectivity index (χ3v) is 6.31. The number of aromatic nitrogens is 4. The van der Waals surface area contributed by atoms with E-state index in [4.69, 9.17) is 0 Å². The number of anilines is 1. The molecule has 0 unspecified atom stereocenters. The van der Waals surface area contributed by atoms with Gasteiger partial charge in [0, 0.05) is 53.4 Å². The average Bonchev–Trinajstić information content (AvgIpc) is 3.50. The second-order valence-electron chi connectivity index (χ2n) is 9.39. The predicted molar refractivity (Wildman–Crippen MR) is 161 cm³/mol. The molecule has 0 saturated carbocycles. The minimum Gasteiger partial charge on any atom is -0.384 e. The number of fused-ring (bicyclic) bond motifs is 1. The number of aliphatic imine (C=N–C) groups is 1. The molecule has 1 aromatic carbocycles. The van der Waals surface area contributed by atoms with E-state index in [2.05, 4.69) is 48.5 Å². The van der Waals surface area contributed by atoms with Gasteiger partial charge in [-0.3, -0.25) is 15.1 Å². The summed E-state index contributed by atoms with van der Waals surface area (Å²) in [4.78, 5) is 14.2. The van der Waals surface area contributed by atoms with Gasteiger partial charge in [0.05, 0.1) is 23.1 Å². The molecule has 0 atom stereocenters. The van der Waals surface area contributed by atoms with Crippen LogP contribution in [0.4, 0.5) is 10.1 Å². The smallest absolute Gasteiger partial charge is 0.125 e. The van der Waals surface area contributed by atoms with Gasteiger partial charge in [-0.1, -0.05) is 31.4 Å². The highest BCUT2D eigenvalue weighted by Gasteiger charge is 2.17. The molecule has 3 N–H and O–H groups in total. The maximum absolute atomic E-state index is 14.7. The molecular formula is C31H34FN7. The largest absolute Gasteiger partial charge is 0.384 e. The first-order valence-electron chi connectivity index (χ1n) is 12.7. The lowest BCUT2D eigenvalue weighted by atomic mass is 9.96. The molecule has 0 spiro atoms. The maximum Gasteiger partial charge on any atom is 0.125 e. The molecule has 4 rings (SSSR count). The minimum absolute atomic E-state index is 0.304. The Labute approximate surface area is 228 Å². The molecular weight excluding hydrogens is 489 g/mol. The van der Waals surface area contributed by atoms with Crippen molar-refractivity contribution in [3.8, 4) is 11.4 Å². The van der Waals surface area contributed by atoms with Gasteiger partial charge in [-0.15, -0.1) is 0 Å². The average molecular weight is 524 g/mol. The summed E-state index contributed by atoms with van der Waals surface area (Å²) in [6, 6.07) is 9.06. The van der Waals surface area contributed by atoms with Gasteiger partial charge in [0.2, 0.25) is 0 Å². The number of halogens is 1. The molecule has 0 aliphatic heterocycles. The Balaban J connectivity index is 1.74. The van der Waals surface area contributed by atoms with Crippen LogP contribution in [0.1, 0.15) is 29.4 Å². The molecule has 0 fully saturated rings. The van der Waals surface area contributed by atoms with Crippen molar-refractivity contribution in [2.75, 3.05) is 32.5 Å². The van der Waals surface area contributed by atoms with Gasteiger partial charge >= 0.3 is 0 Å². The van der Waals surface area contributed by atoms with Gasteiger partial charge in [-0.05, 0) is 69.4 Å². The van der Waals surface area contributed by atoms with Gasteiger partial charge in [-0.25, -0.2) is 4.39 Å². The molecule has 4 aromatic rings. The molecule has 0 bridgehead atoms. The topological polar surface area (TPSA) is 85.0 Å². The number of H-pyrrole nitrogens is 2. The molecule has 0 amide bonds. The minimum atomic E-state index is -0.304. The molecule has 3 heterocycles. The number of allylic oxidation sites excluding steroid dienone is 4. The fraction of sp³-hybridized carbons (Fsp3) is 0.194. The molecule has 3 aromatic heterocycles. The summed E-state index contributed by atoms with van der Waals surface area (Å²) in [5, 5.41) is 11.9. The van der Waals surface area contributed by atoms with Crippen LogP contribution in [0.3, 0.4) is 0 Å². The lowest BCUT2D eigenvalue weighted by Crippen LogP contribution is -2.20. The van der Waals surface area contributed by atoms with Crippen LogP contribution in [0, 0.1) is 12.7 Å². The number of nitrogens with zero attached hydrogens (tertiary/aromatic N) is 4. The third-order valence-electron chi connectivity index (χ3n) is 6.31. The number of pyridine rings is 1. The quantitative estimate of drug-likeness (QED) is 0.153. The summed E-state index contributed by atoms with van der Waals surface area (Å²) >= 11 is 0. The van der Waals surface area contributed by atoms with Gasteiger partial charge < -0.3 is 15.2 Å². The number of hydrogen-bond donors (Lipinski definition) is 3. The molecule has 0 aliphatic rings. The monoisotopic (exact) mass is 523 g/mol. The molecule has 200 valence electrons. The summed E-state index contributed by atoms with van der Waals surface area (Å²) in [6.45, 7) is 13.0. The van der Waals surface area contributed by atoms with Crippen molar-refractivity contribution in [2.24, 2.45) is 4.99 Å². The third kappa shape index (κ3) is 6.30. The second-order valence-corrected chi connectivity index (χ2v) is 9.39. The highest BCUT2D eigenvalue weighted by molar-refractivity contribution is 6.10. The van der Waals surface area contributed by atoms with E-state index in [9.17, 15) is 4.39 Å². The zero-order valence-electron chi connectivity index (χ0n) is 22.8. The summed E-state index contributed by atoms with van der Waals surface area (Å²) in [5.74, 6) is -0.304. The Morgan fingerprint density at radius 3 is 2.72 bits per heavy atom. The maximum atomic E-state index is 14.7. The number of benzene rings is 1. The lowest BCUT2D eigenvalue weighted by Gasteiger charge is -2.14. The SMILES string of the molecule is C=C/C=C(/c1cc(F)cc(NCCN(C)C)c1)c1cc(-c2n[nH]c3cnc(C(/C=N\C=C)=C/C)cc23)[nH]c1C. The van der Waals surface area contributed by atoms with E-state index in [1.807, 2.05) is 58.3 Å². The molecule has 0 radical (unpaired) electrons. The van der Waals surface area contributed by atoms with Gasteiger partial charge in [0.15, 0.2) is 0 Å². The van der Waals surface area contributed by atoms with E-state index < -0.39 is 0 Å². The van der Waals surface area contributed by atoms with Crippen molar-refractivity contribution in [3.63, 3.8) is 0 Å². The van der Waals surface area contributed by atoms with Crippen LogP contribution in [0.5, 0.6) is 0 Å². The predicted octanol–water partition coefficient (Wildman–Crippen LogP) is 6.61. The summed E-state index contributed by atoms with van der Waals surface area (Å²) in [7, 11) is 4.01. The van der Waals surface area contributed by atoms with E-state index in [1.54, 1.807) is 24.6 Å². The number of rotatable bonds is 11. The Kier molecular flexibility index (Phi) is 8.68. The fourth-order valence-electron chi connectivity index (χ4n) is 4.40. The van der Waals surface area contributed by atoms with Crippen LogP contribution in [0.2, 0.25) is 0 Å². The van der Waals surface area contributed by atoms with Crippen molar-refractivity contribution in [3.05, 3.63) is 102 Å². The number of likely N-dealkylation sites (N-methyl/N-ethyl adjacent to an activating group) is 1. The van der Waals surface area contributed by atoms with E-state index in [0.717, 1.165) is 68.2 Å². The van der Waals surface area contributed by atoms with Crippen LogP contribution in [-0.2, 0) is 0 Å². The number of aromatic amines is 2. The highest BCUT2D eigenvalue weighted by atomic mass is 19.1. The van der Waals surface area contributed by atoms with E-state index in [0.29, 0.717) is 6.54 Å². The van der Waals surface area contributed by atoms with Crippen molar-refractivity contribution >= 4 is 34.0 Å². The van der Waals surface area contributed by atoms with Gasteiger partial charge in [-0.2, -0.15) is 5.10 Å². The lowest BCUT2D eigenvalue weighted by molar-refractivity contribution is 0.425. The van der Waals surface area contributed by atoms with Crippen molar-refractivity contribution in [2.45, 2.75) is 13.8 Å². The zero-order valence-corrected chi connectivity index (χ0v) is 22.8. The Morgan fingerprint density at radius 1 is 1.18 bits per heavy atom. The van der Waals surface area contributed by atoms with Crippen LogP contribution in [0.15, 0.2) is 79.1 Å². The van der Waals surface area contributed by atoms with Gasteiger partial charge in [0.1, 0.15) is 11.5 Å². The van der Waals surface area contributed by atoms with Crippen LogP contribution < -0.4 is 5.32 Å². The van der Waals surface area contributed by atoms with Crippen LogP contribution >= 0.6 is 0 Å². The van der Waals surface area contributed by atoms with E-state index in [-0.39, 0.29) is 5.82 Å². The van der Waals surface area contributed by atoms with Crippen LogP contribution in [-0.4, -0.2) is 58.5 Å².